The minimum absolute atomic E-state index is 0.0358. The van der Waals surface area contributed by atoms with Crippen LogP contribution in [0.2, 0.25) is 0 Å². The van der Waals surface area contributed by atoms with Crippen molar-refractivity contribution < 1.29 is 13.2 Å². The first-order valence-electron chi connectivity index (χ1n) is 6.50. The summed E-state index contributed by atoms with van der Waals surface area (Å²) in [6.07, 6.45) is 5.77. The fourth-order valence-corrected chi connectivity index (χ4v) is 2.58. The molecular weight excluding hydrogens is 254 g/mol. The Morgan fingerprint density at radius 3 is 2.72 bits per heavy atom. The lowest BCUT2D eigenvalue weighted by molar-refractivity contribution is -0.123. The summed E-state index contributed by atoms with van der Waals surface area (Å²) in [7, 11) is -3.42. The molecule has 1 rings (SSSR count). The van der Waals surface area contributed by atoms with Crippen molar-refractivity contribution >= 4 is 15.9 Å². The first-order chi connectivity index (χ1) is 8.49. The number of nitrogens with two attached hydrogens (primary N) is 1. The molecule has 1 heterocycles. The number of carbonyl (C=O) groups is 1. The summed E-state index contributed by atoms with van der Waals surface area (Å²) in [6.45, 7) is 1.22. The van der Waals surface area contributed by atoms with Crippen molar-refractivity contribution in [3.05, 3.63) is 0 Å². The van der Waals surface area contributed by atoms with Crippen LogP contribution in [0, 0.1) is 0 Å². The van der Waals surface area contributed by atoms with Gasteiger partial charge in [-0.1, -0.05) is 19.3 Å². The largest absolute Gasteiger partial charge is 0.355 e. The molecular formula is C11H23N3O3S. The van der Waals surface area contributed by atoms with E-state index in [4.69, 9.17) is 5.14 Å². The third-order valence-electron chi connectivity index (χ3n) is 3.03. The highest BCUT2D eigenvalue weighted by Gasteiger charge is 2.18. The SMILES string of the molecule is NS(=O)(=O)CCCNC(=O)C1CCCCCCN1. The zero-order chi connectivity index (χ0) is 13.4. The van der Waals surface area contributed by atoms with Crippen molar-refractivity contribution in [3.8, 4) is 0 Å². The van der Waals surface area contributed by atoms with E-state index in [9.17, 15) is 13.2 Å². The number of primary sulfonamides is 1. The molecule has 4 N–H and O–H groups in total. The first-order valence-corrected chi connectivity index (χ1v) is 8.22. The van der Waals surface area contributed by atoms with Crippen LogP contribution in [0.4, 0.5) is 0 Å². The second-order valence-corrected chi connectivity index (χ2v) is 6.46. The fraction of sp³-hybridized carbons (Fsp3) is 0.909. The number of amides is 1. The number of sulfonamides is 1. The molecule has 1 aliphatic rings. The third-order valence-corrected chi connectivity index (χ3v) is 3.89. The van der Waals surface area contributed by atoms with Gasteiger partial charge in [-0.2, -0.15) is 0 Å². The molecule has 1 amide bonds. The van der Waals surface area contributed by atoms with Gasteiger partial charge in [-0.25, -0.2) is 13.6 Å². The molecule has 0 aromatic heterocycles. The standard InChI is InChI=1S/C11H23N3O3S/c12-18(16,17)9-5-8-14-11(15)10-6-3-1-2-4-7-13-10/h10,13H,1-9H2,(H,14,15)(H2,12,16,17). The Labute approximate surface area is 109 Å². The van der Waals surface area contributed by atoms with E-state index in [1.807, 2.05) is 0 Å². The molecule has 1 fully saturated rings. The van der Waals surface area contributed by atoms with E-state index in [1.165, 1.54) is 12.8 Å². The quantitative estimate of drug-likeness (QED) is 0.601. The Kier molecular flexibility index (Phi) is 6.59. The number of hydrogen-bond acceptors (Lipinski definition) is 4. The van der Waals surface area contributed by atoms with Gasteiger partial charge in [0.25, 0.3) is 0 Å². The number of rotatable bonds is 5. The van der Waals surface area contributed by atoms with Crippen LogP contribution in [-0.2, 0) is 14.8 Å². The van der Waals surface area contributed by atoms with E-state index >= 15 is 0 Å². The summed E-state index contributed by atoms with van der Waals surface area (Å²) >= 11 is 0. The smallest absolute Gasteiger partial charge is 0.237 e. The van der Waals surface area contributed by atoms with Crippen LogP contribution in [0.1, 0.15) is 38.5 Å². The summed E-state index contributed by atoms with van der Waals surface area (Å²) in [5, 5.41) is 10.9. The lowest BCUT2D eigenvalue weighted by atomic mass is 10.0. The minimum Gasteiger partial charge on any atom is -0.355 e. The Balaban J connectivity index is 2.22. The minimum atomic E-state index is -3.42. The van der Waals surface area contributed by atoms with Crippen LogP contribution in [-0.4, -0.2) is 39.2 Å². The van der Waals surface area contributed by atoms with Crippen LogP contribution in [0.25, 0.3) is 0 Å². The van der Waals surface area contributed by atoms with Gasteiger partial charge in [0, 0.05) is 6.54 Å². The Bertz CT molecular complexity index is 349. The molecule has 1 unspecified atom stereocenters. The molecule has 1 saturated heterocycles. The van der Waals surface area contributed by atoms with E-state index in [0.717, 1.165) is 25.8 Å². The average Bonchev–Trinajstić information content (AvgIpc) is 2.22. The summed E-state index contributed by atoms with van der Waals surface area (Å²) in [5.74, 6) is -0.128. The molecule has 18 heavy (non-hydrogen) atoms. The third kappa shape index (κ3) is 6.93. The van der Waals surface area contributed by atoms with Crippen LogP contribution in [0.3, 0.4) is 0 Å². The van der Waals surface area contributed by atoms with Gasteiger partial charge in [0.2, 0.25) is 15.9 Å². The summed E-state index contributed by atoms with van der Waals surface area (Å²) < 4.78 is 21.4. The Morgan fingerprint density at radius 1 is 1.28 bits per heavy atom. The number of nitrogens with one attached hydrogen (secondary N) is 2. The first kappa shape index (κ1) is 15.4. The topological polar surface area (TPSA) is 101 Å². The lowest BCUT2D eigenvalue weighted by Gasteiger charge is -2.20. The van der Waals surface area contributed by atoms with Gasteiger partial charge in [0.1, 0.15) is 0 Å². The van der Waals surface area contributed by atoms with E-state index in [-0.39, 0.29) is 17.7 Å². The van der Waals surface area contributed by atoms with Gasteiger partial charge in [0.15, 0.2) is 0 Å². The molecule has 0 aromatic rings. The molecule has 0 bridgehead atoms. The zero-order valence-electron chi connectivity index (χ0n) is 10.7. The van der Waals surface area contributed by atoms with Crippen molar-refractivity contribution in [2.45, 2.75) is 44.6 Å². The molecule has 0 radical (unpaired) electrons. The number of carbonyl (C=O) groups excluding carboxylic acids is 1. The molecule has 7 heteroatoms. The van der Waals surface area contributed by atoms with E-state index in [1.54, 1.807) is 0 Å². The zero-order valence-corrected chi connectivity index (χ0v) is 11.5. The second kappa shape index (κ2) is 7.70. The summed E-state index contributed by atoms with van der Waals surface area (Å²) in [4.78, 5) is 11.8. The van der Waals surface area contributed by atoms with E-state index < -0.39 is 10.0 Å². The van der Waals surface area contributed by atoms with Crippen molar-refractivity contribution in [2.75, 3.05) is 18.8 Å². The highest BCUT2D eigenvalue weighted by molar-refractivity contribution is 7.89. The highest BCUT2D eigenvalue weighted by Crippen LogP contribution is 2.09. The van der Waals surface area contributed by atoms with Crippen molar-refractivity contribution in [1.82, 2.24) is 10.6 Å². The molecule has 0 aromatic carbocycles. The molecule has 6 nitrogen and oxygen atoms in total. The molecule has 0 saturated carbocycles. The summed E-state index contributed by atoms with van der Waals surface area (Å²) in [6, 6.07) is -0.139. The van der Waals surface area contributed by atoms with E-state index in [0.29, 0.717) is 13.0 Å². The number of hydrogen-bond donors (Lipinski definition) is 3. The predicted molar refractivity (Wildman–Crippen MR) is 70.5 cm³/mol. The molecule has 1 aliphatic heterocycles. The van der Waals surface area contributed by atoms with Crippen LogP contribution in [0.15, 0.2) is 0 Å². The maximum atomic E-state index is 11.8. The lowest BCUT2D eigenvalue weighted by Crippen LogP contribution is -2.45. The van der Waals surface area contributed by atoms with Crippen molar-refractivity contribution in [1.29, 1.82) is 0 Å². The average molecular weight is 277 g/mol. The van der Waals surface area contributed by atoms with Gasteiger partial charge in [-0.3, -0.25) is 4.79 Å². The van der Waals surface area contributed by atoms with Gasteiger partial charge in [0.05, 0.1) is 11.8 Å². The molecule has 1 atom stereocenters. The highest BCUT2D eigenvalue weighted by atomic mass is 32.2. The monoisotopic (exact) mass is 277 g/mol. The second-order valence-electron chi connectivity index (χ2n) is 4.72. The van der Waals surface area contributed by atoms with E-state index in [2.05, 4.69) is 10.6 Å². The Morgan fingerprint density at radius 2 is 2.00 bits per heavy atom. The van der Waals surface area contributed by atoms with Gasteiger partial charge < -0.3 is 10.6 Å². The predicted octanol–water partition coefficient (Wildman–Crippen LogP) is -0.296. The van der Waals surface area contributed by atoms with Gasteiger partial charge in [-0.15, -0.1) is 0 Å². The van der Waals surface area contributed by atoms with Crippen molar-refractivity contribution in [3.63, 3.8) is 0 Å². The molecule has 106 valence electrons. The molecule has 0 aliphatic carbocycles. The Hall–Kier alpha value is -0.660. The normalized spacial score (nSPS) is 21.9. The van der Waals surface area contributed by atoms with Crippen LogP contribution in [0.5, 0.6) is 0 Å². The fourth-order valence-electron chi connectivity index (χ4n) is 2.04. The summed E-state index contributed by atoms with van der Waals surface area (Å²) in [5.41, 5.74) is 0. The van der Waals surface area contributed by atoms with Crippen LogP contribution < -0.4 is 15.8 Å². The molecule has 0 spiro atoms. The van der Waals surface area contributed by atoms with Gasteiger partial charge in [-0.05, 0) is 25.8 Å². The van der Waals surface area contributed by atoms with Crippen LogP contribution >= 0.6 is 0 Å². The maximum absolute atomic E-state index is 11.8. The maximum Gasteiger partial charge on any atom is 0.237 e. The van der Waals surface area contributed by atoms with Gasteiger partial charge >= 0.3 is 0 Å². The van der Waals surface area contributed by atoms with Crippen molar-refractivity contribution in [2.24, 2.45) is 5.14 Å².